The highest BCUT2D eigenvalue weighted by Gasteiger charge is 2.50. The second-order valence-corrected chi connectivity index (χ2v) is 6.99. The van der Waals surface area contributed by atoms with Crippen molar-refractivity contribution >= 4 is 35.5 Å². The van der Waals surface area contributed by atoms with Crippen molar-refractivity contribution in [2.24, 2.45) is 5.92 Å². The Morgan fingerprint density at radius 2 is 1.92 bits per heavy atom. The van der Waals surface area contributed by atoms with Crippen molar-refractivity contribution in [3.63, 3.8) is 0 Å². The van der Waals surface area contributed by atoms with Gasteiger partial charge < -0.3 is 10.6 Å². The van der Waals surface area contributed by atoms with Crippen LogP contribution in [-0.4, -0.2) is 41.9 Å². The Bertz CT molecular complexity index is 752. The summed E-state index contributed by atoms with van der Waals surface area (Å²) in [7, 11) is 0. The zero-order chi connectivity index (χ0) is 19.5. The summed E-state index contributed by atoms with van der Waals surface area (Å²) in [6, 6.07) is 5.23. The van der Waals surface area contributed by atoms with Crippen LogP contribution >= 0.6 is 11.6 Å². The summed E-state index contributed by atoms with van der Waals surface area (Å²) in [5.74, 6) is -1.16. The van der Waals surface area contributed by atoms with Crippen LogP contribution in [-0.2, 0) is 15.1 Å². The minimum atomic E-state index is -1.38. The van der Waals surface area contributed by atoms with E-state index in [0.29, 0.717) is 17.1 Å². The first-order valence-corrected chi connectivity index (χ1v) is 8.49. The Morgan fingerprint density at radius 3 is 2.54 bits per heavy atom. The molecule has 1 aliphatic heterocycles. The summed E-state index contributed by atoms with van der Waals surface area (Å²) in [6.45, 7) is 5.16. The van der Waals surface area contributed by atoms with Crippen molar-refractivity contribution in [3.8, 4) is 0 Å². The zero-order valence-corrected chi connectivity index (χ0v) is 15.5. The molecule has 0 spiro atoms. The van der Waals surface area contributed by atoms with Crippen molar-refractivity contribution in [3.05, 3.63) is 34.9 Å². The fourth-order valence-electron chi connectivity index (χ4n) is 2.54. The standard InChI is InChI=1S/C17H21ClN4O4/c1-10(2)8-19-15(25)20-13(23)9-22-14(24)17(3,21-16(22)26)11-6-4-5-7-12(11)18/h4-7,10H,8-9H2,1-3H3,(H,21,26)(H2,19,20,23,25). The largest absolute Gasteiger partial charge is 0.338 e. The van der Waals surface area contributed by atoms with E-state index in [-0.39, 0.29) is 5.92 Å². The highest BCUT2D eigenvalue weighted by atomic mass is 35.5. The summed E-state index contributed by atoms with van der Waals surface area (Å²) in [5.41, 5.74) is -0.951. The van der Waals surface area contributed by atoms with Crippen LogP contribution < -0.4 is 16.0 Å². The van der Waals surface area contributed by atoms with E-state index in [2.05, 4.69) is 16.0 Å². The second kappa shape index (κ2) is 7.74. The van der Waals surface area contributed by atoms with Crippen molar-refractivity contribution in [2.45, 2.75) is 26.3 Å². The molecule has 1 fully saturated rings. The normalized spacial score (nSPS) is 19.5. The van der Waals surface area contributed by atoms with E-state index in [1.165, 1.54) is 6.92 Å². The average Bonchev–Trinajstić information content (AvgIpc) is 2.77. The maximum Gasteiger partial charge on any atom is 0.325 e. The van der Waals surface area contributed by atoms with Crippen molar-refractivity contribution < 1.29 is 19.2 Å². The fraction of sp³-hybridized carbons (Fsp3) is 0.412. The Morgan fingerprint density at radius 1 is 1.27 bits per heavy atom. The maximum absolute atomic E-state index is 12.7. The molecule has 1 heterocycles. The molecule has 0 aromatic heterocycles. The maximum atomic E-state index is 12.7. The molecule has 26 heavy (non-hydrogen) atoms. The molecular weight excluding hydrogens is 360 g/mol. The molecule has 1 aromatic rings. The first-order valence-electron chi connectivity index (χ1n) is 8.12. The molecule has 1 aliphatic rings. The number of halogens is 1. The monoisotopic (exact) mass is 380 g/mol. The number of benzene rings is 1. The van der Waals surface area contributed by atoms with Gasteiger partial charge in [0, 0.05) is 17.1 Å². The van der Waals surface area contributed by atoms with Gasteiger partial charge in [-0.05, 0) is 18.9 Å². The SMILES string of the molecule is CC(C)CNC(=O)NC(=O)CN1C(=O)NC(C)(c2ccccc2Cl)C1=O. The molecule has 6 amide bonds. The summed E-state index contributed by atoms with van der Waals surface area (Å²) in [6.07, 6.45) is 0. The molecule has 0 aliphatic carbocycles. The topological polar surface area (TPSA) is 108 Å². The fourth-order valence-corrected chi connectivity index (χ4v) is 2.87. The quantitative estimate of drug-likeness (QED) is 0.674. The van der Waals surface area contributed by atoms with Crippen molar-refractivity contribution in [2.75, 3.05) is 13.1 Å². The van der Waals surface area contributed by atoms with Crippen LogP contribution in [0.5, 0.6) is 0 Å². The molecular formula is C17H21ClN4O4. The van der Waals surface area contributed by atoms with E-state index < -0.39 is 36.0 Å². The third-order valence-electron chi connectivity index (χ3n) is 3.91. The predicted octanol–water partition coefficient (Wildman–Crippen LogP) is 1.59. The predicted molar refractivity (Wildman–Crippen MR) is 95.4 cm³/mol. The molecule has 0 bridgehead atoms. The smallest absolute Gasteiger partial charge is 0.325 e. The van der Waals surface area contributed by atoms with Crippen molar-refractivity contribution in [1.29, 1.82) is 0 Å². The number of amides is 6. The number of hydrogen-bond donors (Lipinski definition) is 3. The highest BCUT2D eigenvalue weighted by Crippen LogP contribution is 2.33. The van der Waals surface area contributed by atoms with Crippen molar-refractivity contribution in [1.82, 2.24) is 20.9 Å². The van der Waals surface area contributed by atoms with Gasteiger partial charge in [0.1, 0.15) is 12.1 Å². The Hall–Kier alpha value is -2.61. The molecule has 140 valence electrons. The molecule has 1 unspecified atom stereocenters. The minimum absolute atomic E-state index is 0.220. The van der Waals surface area contributed by atoms with Gasteiger partial charge in [-0.3, -0.25) is 19.8 Å². The molecule has 3 N–H and O–H groups in total. The van der Waals surface area contributed by atoms with Gasteiger partial charge in [-0.2, -0.15) is 0 Å². The van der Waals surface area contributed by atoms with Crippen LogP contribution in [0.4, 0.5) is 9.59 Å². The first kappa shape index (κ1) is 19.7. The lowest BCUT2D eigenvalue weighted by molar-refractivity contribution is -0.134. The lowest BCUT2D eigenvalue weighted by Gasteiger charge is -2.23. The molecule has 0 radical (unpaired) electrons. The molecule has 8 nitrogen and oxygen atoms in total. The molecule has 0 saturated carbocycles. The van der Waals surface area contributed by atoms with Crippen LogP contribution in [0.25, 0.3) is 0 Å². The number of rotatable bonds is 5. The lowest BCUT2D eigenvalue weighted by Crippen LogP contribution is -2.47. The Balaban J connectivity index is 2.06. The summed E-state index contributed by atoms with van der Waals surface area (Å²) < 4.78 is 0. The van der Waals surface area contributed by atoms with Gasteiger partial charge in [0.25, 0.3) is 5.91 Å². The highest BCUT2D eigenvalue weighted by molar-refractivity contribution is 6.32. The number of imide groups is 2. The van der Waals surface area contributed by atoms with Gasteiger partial charge in [0.2, 0.25) is 5.91 Å². The summed E-state index contributed by atoms with van der Waals surface area (Å²) >= 11 is 6.14. The molecule has 1 saturated heterocycles. The van der Waals surface area contributed by atoms with Crippen LogP contribution in [0.1, 0.15) is 26.3 Å². The van der Waals surface area contributed by atoms with E-state index >= 15 is 0 Å². The lowest BCUT2D eigenvalue weighted by atomic mass is 9.92. The Kier molecular flexibility index (Phi) is 5.86. The van der Waals surface area contributed by atoms with E-state index in [1.54, 1.807) is 24.3 Å². The van der Waals surface area contributed by atoms with E-state index in [0.717, 1.165) is 4.90 Å². The van der Waals surface area contributed by atoms with Crippen LogP contribution in [0, 0.1) is 5.92 Å². The third kappa shape index (κ3) is 4.13. The number of carbonyl (C=O) groups is 4. The number of hydrogen-bond acceptors (Lipinski definition) is 4. The van der Waals surface area contributed by atoms with Gasteiger partial charge >= 0.3 is 12.1 Å². The zero-order valence-electron chi connectivity index (χ0n) is 14.8. The van der Waals surface area contributed by atoms with Crippen LogP contribution in [0.3, 0.4) is 0 Å². The second-order valence-electron chi connectivity index (χ2n) is 6.58. The number of nitrogens with one attached hydrogen (secondary N) is 3. The minimum Gasteiger partial charge on any atom is -0.338 e. The van der Waals surface area contributed by atoms with Gasteiger partial charge in [0.15, 0.2) is 0 Å². The number of carbonyl (C=O) groups excluding carboxylic acids is 4. The number of nitrogens with zero attached hydrogens (tertiary/aromatic N) is 1. The average molecular weight is 381 g/mol. The van der Waals surface area contributed by atoms with E-state index in [9.17, 15) is 19.2 Å². The molecule has 1 atom stereocenters. The van der Waals surface area contributed by atoms with E-state index in [4.69, 9.17) is 11.6 Å². The van der Waals surface area contributed by atoms with E-state index in [1.807, 2.05) is 13.8 Å². The van der Waals surface area contributed by atoms with Gasteiger partial charge in [-0.25, -0.2) is 9.59 Å². The molecule has 1 aromatic carbocycles. The summed E-state index contributed by atoms with van der Waals surface area (Å²) in [5, 5.41) is 7.49. The van der Waals surface area contributed by atoms with Crippen LogP contribution in [0.2, 0.25) is 5.02 Å². The van der Waals surface area contributed by atoms with Gasteiger partial charge in [0.05, 0.1) is 0 Å². The third-order valence-corrected chi connectivity index (χ3v) is 4.24. The van der Waals surface area contributed by atoms with Gasteiger partial charge in [-0.15, -0.1) is 0 Å². The van der Waals surface area contributed by atoms with Gasteiger partial charge in [-0.1, -0.05) is 43.6 Å². The molecule has 9 heteroatoms. The Labute approximate surface area is 156 Å². The first-order chi connectivity index (χ1) is 12.1. The summed E-state index contributed by atoms with van der Waals surface area (Å²) in [4.78, 5) is 49.3. The van der Waals surface area contributed by atoms with Crippen LogP contribution in [0.15, 0.2) is 24.3 Å². The number of urea groups is 2. The molecule has 2 rings (SSSR count).